The summed E-state index contributed by atoms with van der Waals surface area (Å²) in [7, 11) is 0. The highest BCUT2D eigenvalue weighted by Crippen LogP contribution is 2.17. The van der Waals surface area contributed by atoms with Crippen molar-refractivity contribution in [3.05, 3.63) is 65.0 Å². The number of nitrogen functional groups attached to an aromatic ring is 1. The normalized spacial score (nSPS) is 10.4. The van der Waals surface area contributed by atoms with E-state index < -0.39 is 11.8 Å². The molecule has 0 aliphatic carbocycles. The molecule has 0 aromatic heterocycles. The number of aliphatic carboxylic acids is 1. The van der Waals surface area contributed by atoms with Gasteiger partial charge < -0.3 is 16.2 Å². The quantitative estimate of drug-likeness (QED) is 0.559. The number of carbonyl (C=O) groups excluding carboxylic acids is 1. The molecule has 0 atom stereocenters. The van der Waals surface area contributed by atoms with E-state index in [1.807, 2.05) is 0 Å². The Bertz CT molecular complexity index is 699. The number of hydrogen-bond donors (Lipinski definition) is 3. The average molecular weight is 302 g/mol. The van der Waals surface area contributed by atoms with Crippen molar-refractivity contribution < 1.29 is 19.1 Å². The summed E-state index contributed by atoms with van der Waals surface area (Å²) >= 11 is 0. The Morgan fingerprint density at radius 1 is 1.09 bits per heavy atom. The highest BCUT2D eigenvalue weighted by atomic mass is 19.1. The van der Waals surface area contributed by atoms with Gasteiger partial charge in [-0.1, -0.05) is 0 Å². The molecule has 0 aliphatic heterocycles. The van der Waals surface area contributed by atoms with Crippen molar-refractivity contribution in [2.24, 2.45) is 0 Å². The number of anilines is 1. The minimum Gasteiger partial charge on any atom is -0.480 e. The highest BCUT2D eigenvalue weighted by molar-refractivity contribution is 6.09. The number of carboxylic acids is 1. The molecule has 0 saturated carbocycles. The van der Waals surface area contributed by atoms with Crippen LogP contribution in [-0.4, -0.2) is 23.4 Å². The molecule has 0 radical (unpaired) electrons. The fourth-order valence-corrected chi connectivity index (χ4v) is 1.97. The van der Waals surface area contributed by atoms with Crippen LogP contribution in [0.2, 0.25) is 0 Å². The molecule has 2 aromatic rings. The van der Waals surface area contributed by atoms with Crippen LogP contribution < -0.4 is 11.1 Å². The first-order valence-corrected chi connectivity index (χ1v) is 6.58. The number of nitrogens with two attached hydrogens (primary N) is 1. The predicted molar refractivity (Wildman–Crippen MR) is 80.0 cm³/mol. The van der Waals surface area contributed by atoms with Crippen molar-refractivity contribution in [1.29, 1.82) is 0 Å². The van der Waals surface area contributed by atoms with Gasteiger partial charge in [0, 0.05) is 23.4 Å². The van der Waals surface area contributed by atoms with E-state index in [2.05, 4.69) is 5.32 Å². The van der Waals surface area contributed by atoms with Gasteiger partial charge in [0.05, 0.1) is 6.54 Å². The minimum atomic E-state index is -0.975. The first-order valence-electron chi connectivity index (χ1n) is 6.58. The Morgan fingerprint density at radius 2 is 1.73 bits per heavy atom. The summed E-state index contributed by atoms with van der Waals surface area (Å²) in [6.07, 6.45) is 0. The largest absolute Gasteiger partial charge is 0.480 e. The fourth-order valence-electron chi connectivity index (χ4n) is 1.97. The molecule has 114 valence electrons. The summed E-state index contributed by atoms with van der Waals surface area (Å²) in [5.74, 6) is -1.64. The van der Waals surface area contributed by atoms with Crippen molar-refractivity contribution in [3.8, 4) is 0 Å². The second-order valence-corrected chi connectivity index (χ2v) is 4.75. The fraction of sp³-hybridized carbons (Fsp3) is 0.125. The molecule has 5 nitrogen and oxygen atoms in total. The average Bonchev–Trinajstić information content (AvgIpc) is 2.49. The molecule has 22 heavy (non-hydrogen) atoms. The van der Waals surface area contributed by atoms with Crippen LogP contribution in [0.1, 0.15) is 21.5 Å². The summed E-state index contributed by atoms with van der Waals surface area (Å²) in [6, 6.07) is 10.1. The van der Waals surface area contributed by atoms with Gasteiger partial charge in [-0.05, 0) is 48.0 Å². The molecule has 0 amide bonds. The van der Waals surface area contributed by atoms with Crippen molar-refractivity contribution in [2.75, 3.05) is 12.3 Å². The smallest absolute Gasteiger partial charge is 0.317 e. The molecule has 2 aromatic carbocycles. The zero-order valence-corrected chi connectivity index (χ0v) is 11.7. The molecule has 0 heterocycles. The molecule has 0 saturated heterocycles. The van der Waals surface area contributed by atoms with Crippen LogP contribution in [-0.2, 0) is 11.3 Å². The van der Waals surface area contributed by atoms with Gasteiger partial charge in [-0.25, -0.2) is 4.39 Å². The van der Waals surface area contributed by atoms with Crippen LogP contribution in [0.5, 0.6) is 0 Å². The summed E-state index contributed by atoms with van der Waals surface area (Å²) < 4.78 is 12.9. The van der Waals surface area contributed by atoms with Gasteiger partial charge in [0.25, 0.3) is 0 Å². The van der Waals surface area contributed by atoms with E-state index in [0.717, 1.165) is 0 Å². The first kappa shape index (κ1) is 15.7. The maximum absolute atomic E-state index is 12.9. The third-order valence-electron chi connectivity index (χ3n) is 3.10. The number of carbonyl (C=O) groups is 2. The van der Waals surface area contributed by atoms with Crippen LogP contribution in [0.4, 0.5) is 10.1 Å². The van der Waals surface area contributed by atoms with Crippen molar-refractivity contribution >= 4 is 17.4 Å². The second kappa shape index (κ2) is 6.82. The summed E-state index contributed by atoms with van der Waals surface area (Å²) in [4.78, 5) is 22.8. The molecular formula is C16H15FN2O3. The molecule has 0 bridgehead atoms. The lowest BCUT2D eigenvalue weighted by atomic mass is 10.0. The Balaban J connectivity index is 2.19. The number of hydrogen-bond acceptors (Lipinski definition) is 4. The number of halogens is 1. The standard InChI is InChI=1S/C16H15FN2O3/c17-13-4-1-10(2-5-13)16(22)11-3-6-14(18)12(7-11)8-19-9-15(20)21/h1-7,19H,8-9,18H2,(H,20,21). The molecule has 4 N–H and O–H groups in total. The molecule has 0 unspecified atom stereocenters. The molecule has 0 aliphatic rings. The summed E-state index contributed by atoms with van der Waals surface area (Å²) in [5.41, 5.74) is 7.70. The number of ketones is 1. The Labute approximate surface area is 126 Å². The van der Waals surface area contributed by atoms with E-state index in [0.29, 0.717) is 22.4 Å². The summed E-state index contributed by atoms with van der Waals surface area (Å²) in [5, 5.41) is 11.3. The third-order valence-corrected chi connectivity index (χ3v) is 3.10. The van der Waals surface area contributed by atoms with Gasteiger partial charge in [0.1, 0.15) is 5.82 Å². The van der Waals surface area contributed by atoms with Crippen LogP contribution in [0.3, 0.4) is 0 Å². The predicted octanol–water partition coefficient (Wildman–Crippen LogP) is 1.81. The SMILES string of the molecule is Nc1ccc(C(=O)c2ccc(F)cc2)cc1CNCC(=O)O. The van der Waals surface area contributed by atoms with E-state index in [1.165, 1.54) is 24.3 Å². The highest BCUT2D eigenvalue weighted by Gasteiger charge is 2.11. The Kier molecular flexibility index (Phi) is 4.85. The molecular weight excluding hydrogens is 287 g/mol. The van der Waals surface area contributed by atoms with Crippen molar-refractivity contribution in [2.45, 2.75) is 6.54 Å². The van der Waals surface area contributed by atoms with Crippen LogP contribution in [0, 0.1) is 5.82 Å². The van der Waals surface area contributed by atoms with Crippen molar-refractivity contribution in [1.82, 2.24) is 5.32 Å². The van der Waals surface area contributed by atoms with E-state index in [4.69, 9.17) is 10.8 Å². The van der Waals surface area contributed by atoms with Crippen LogP contribution in [0.25, 0.3) is 0 Å². The van der Waals surface area contributed by atoms with E-state index in [1.54, 1.807) is 18.2 Å². The summed E-state index contributed by atoms with van der Waals surface area (Å²) in [6.45, 7) is 0.0399. The lowest BCUT2D eigenvalue weighted by molar-refractivity contribution is -0.136. The first-order chi connectivity index (χ1) is 10.5. The number of rotatable bonds is 6. The van der Waals surface area contributed by atoms with Crippen LogP contribution in [0.15, 0.2) is 42.5 Å². The van der Waals surface area contributed by atoms with Gasteiger partial charge in [0.15, 0.2) is 5.78 Å². The van der Waals surface area contributed by atoms with E-state index >= 15 is 0 Å². The zero-order chi connectivity index (χ0) is 16.1. The topological polar surface area (TPSA) is 92.4 Å². The van der Waals surface area contributed by atoms with Gasteiger partial charge >= 0.3 is 5.97 Å². The zero-order valence-electron chi connectivity index (χ0n) is 11.7. The van der Waals surface area contributed by atoms with E-state index in [-0.39, 0.29) is 18.9 Å². The second-order valence-electron chi connectivity index (χ2n) is 4.75. The Hall–Kier alpha value is -2.73. The van der Waals surface area contributed by atoms with Crippen molar-refractivity contribution in [3.63, 3.8) is 0 Å². The Morgan fingerprint density at radius 3 is 2.36 bits per heavy atom. The monoisotopic (exact) mass is 302 g/mol. The van der Waals surface area contributed by atoms with Gasteiger partial charge in [0.2, 0.25) is 0 Å². The van der Waals surface area contributed by atoms with Gasteiger partial charge in [-0.3, -0.25) is 9.59 Å². The third kappa shape index (κ3) is 3.89. The number of carboxylic acid groups (broad SMARTS) is 1. The number of nitrogens with one attached hydrogen (secondary N) is 1. The van der Waals surface area contributed by atoms with Gasteiger partial charge in [-0.2, -0.15) is 0 Å². The minimum absolute atomic E-state index is 0.199. The lowest BCUT2D eigenvalue weighted by Gasteiger charge is -2.09. The van der Waals surface area contributed by atoms with Gasteiger partial charge in [-0.15, -0.1) is 0 Å². The maximum atomic E-state index is 12.9. The lowest BCUT2D eigenvalue weighted by Crippen LogP contribution is -2.22. The van der Waals surface area contributed by atoms with E-state index in [9.17, 15) is 14.0 Å². The maximum Gasteiger partial charge on any atom is 0.317 e. The van der Waals surface area contributed by atoms with Crippen LogP contribution >= 0.6 is 0 Å². The molecule has 0 spiro atoms. The number of benzene rings is 2. The molecule has 6 heteroatoms. The molecule has 0 fully saturated rings. The molecule has 2 rings (SSSR count).